The number of halogens is 3. The Labute approximate surface area is 107 Å². The number of alkyl halides is 3. The van der Waals surface area contributed by atoms with Crippen LogP contribution in [-0.2, 0) is 0 Å². The van der Waals surface area contributed by atoms with E-state index in [4.69, 9.17) is 10.8 Å². The molecule has 4 nitrogen and oxygen atoms in total. The molecular formula is C12H13F3N2O2. The van der Waals surface area contributed by atoms with Gasteiger partial charge in [0.15, 0.2) is 0 Å². The summed E-state index contributed by atoms with van der Waals surface area (Å²) in [5.41, 5.74) is 4.09. The second-order valence-corrected chi connectivity index (χ2v) is 4.76. The molecular weight excluding hydrogens is 261 g/mol. The van der Waals surface area contributed by atoms with Crippen LogP contribution in [0.4, 0.5) is 24.5 Å². The molecule has 0 spiro atoms. The van der Waals surface area contributed by atoms with Gasteiger partial charge in [-0.05, 0) is 37.5 Å². The molecule has 0 saturated heterocycles. The standard InChI is InChI=1S/C12H13F3N2O2/c1-6-4-7(5-8(9(6)16)10(18)19)17-11(2-3-11)12(13,14)15/h4-5,17H,2-3,16H2,1H3,(H,18,19). The number of benzene rings is 1. The molecule has 2 rings (SSSR count). The van der Waals surface area contributed by atoms with E-state index in [9.17, 15) is 18.0 Å². The number of carboxylic acid groups (broad SMARTS) is 1. The van der Waals surface area contributed by atoms with Crippen molar-refractivity contribution in [3.8, 4) is 0 Å². The quantitative estimate of drug-likeness (QED) is 0.741. The van der Waals surface area contributed by atoms with Crippen LogP contribution in [0, 0.1) is 6.92 Å². The molecule has 0 aliphatic heterocycles. The predicted molar refractivity (Wildman–Crippen MR) is 64.2 cm³/mol. The molecule has 1 saturated carbocycles. The van der Waals surface area contributed by atoms with Crippen molar-refractivity contribution in [2.45, 2.75) is 31.5 Å². The number of nitrogens with two attached hydrogens (primary N) is 1. The fraction of sp³-hybridized carbons (Fsp3) is 0.417. The van der Waals surface area contributed by atoms with Crippen molar-refractivity contribution in [3.63, 3.8) is 0 Å². The van der Waals surface area contributed by atoms with Crippen LogP contribution in [0.5, 0.6) is 0 Å². The Hall–Kier alpha value is -1.92. The molecule has 0 heterocycles. The molecule has 0 amide bonds. The van der Waals surface area contributed by atoms with Gasteiger partial charge >= 0.3 is 12.1 Å². The Bertz CT molecular complexity index is 537. The third kappa shape index (κ3) is 2.32. The summed E-state index contributed by atoms with van der Waals surface area (Å²) in [5, 5.41) is 11.3. The molecule has 4 N–H and O–H groups in total. The largest absolute Gasteiger partial charge is 0.478 e. The van der Waals surface area contributed by atoms with Crippen molar-refractivity contribution < 1.29 is 23.1 Å². The monoisotopic (exact) mass is 274 g/mol. The third-order valence-corrected chi connectivity index (χ3v) is 3.29. The van der Waals surface area contributed by atoms with Gasteiger partial charge in [0, 0.05) is 11.4 Å². The number of nitrogen functional groups attached to an aromatic ring is 1. The highest BCUT2D eigenvalue weighted by molar-refractivity contribution is 5.95. The van der Waals surface area contributed by atoms with E-state index in [1.54, 1.807) is 6.92 Å². The van der Waals surface area contributed by atoms with Gasteiger partial charge in [-0.25, -0.2) is 4.79 Å². The molecule has 19 heavy (non-hydrogen) atoms. The van der Waals surface area contributed by atoms with Crippen molar-refractivity contribution in [3.05, 3.63) is 23.3 Å². The van der Waals surface area contributed by atoms with Gasteiger partial charge in [-0.2, -0.15) is 13.2 Å². The van der Waals surface area contributed by atoms with Gasteiger partial charge in [0.2, 0.25) is 0 Å². The minimum Gasteiger partial charge on any atom is -0.478 e. The molecule has 1 aromatic carbocycles. The number of aryl methyl sites for hydroxylation is 1. The van der Waals surface area contributed by atoms with Crippen LogP contribution in [0.2, 0.25) is 0 Å². The lowest BCUT2D eigenvalue weighted by Crippen LogP contribution is -2.38. The number of anilines is 2. The van der Waals surface area contributed by atoms with Gasteiger partial charge in [0.25, 0.3) is 0 Å². The molecule has 0 bridgehead atoms. The minimum absolute atomic E-state index is 0.0116. The number of carbonyl (C=O) groups is 1. The van der Waals surface area contributed by atoms with Crippen molar-refractivity contribution in [1.29, 1.82) is 0 Å². The summed E-state index contributed by atoms with van der Waals surface area (Å²) in [6.45, 7) is 1.56. The van der Waals surface area contributed by atoms with Gasteiger partial charge in [-0.1, -0.05) is 0 Å². The first-order chi connectivity index (χ1) is 8.66. The van der Waals surface area contributed by atoms with Gasteiger partial charge in [0.1, 0.15) is 5.54 Å². The fourth-order valence-corrected chi connectivity index (χ4v) is 1.93. The highest BCUT2D eigenvalue weighted by Gasteiger charge is 2.63. The second-order valence-electron chi connectivity index (χ2n) is 4.76. The molecule has 7 heteroatoms. The third-order valence-electron chi connectivity index (χ3n) is 3.29. The van der Waals surface area contributed by atoms with Crippen LogP contribution in [-0.4, -0.2) is 22.8 Å². The number of nitrogens with one attached hydrogen (secondary N) is 1. The lowest BCUT2D eigenvalue weighted by Gasteiger charge is -2.22. The molecule has 0 unspecified atom stereocenters. The van der Waals surface area contributed by atoms with Crippen LogP contribution in [0.3, 0.4) is 0 Å². The number of carboxylic acids is 1. The van der Waals surface area contributed by atoms with E-state index in [-0.39, 0.29) is 29.8 Å². The van der Waals surface area contributed by atoms with E-state index < -0.39 is 17.7 Å². The molecule has 104 valence electrons. The summed E-state index contributed by atoms with van der Waals surface area (Å²) >= 11 is 0. The number of hydrogen-bond acceptors (Lipinski definition) is 3. The first kappa shape index (κ1) is 13.5. The molecule has 1 aromatic rings. The highest BCUT2D eigenvalue weighted by Crippen LogP contribution is 2.51. The second kappa shape index (κ2) is 4.04. The number of hydrogen-bond donors (Lipinski definition) is 3. The SMILES string of the molecule is Cc1cc(NC2(C(F)(F)F)CC2)cc(C(=O)O)c1N. The first-order valence-corrected chi connectivity index (χ1v) is 5.65. The van der Waals surface area contributed by atoms with Crippen molar-refractivity contribution >= 4 is 17.3 Å². The number of aromatic carboxylic acids is 1. The van der Waals surface area contributed by atoms with E-state index in [1.165, 1.54) is 6.07 Å². The van der Waals surface area contributed by atoms with Crippen LogP contribution in [0.1, 0.15) is 28.8 Å². The van der Waals surface area contributed by atoms with Crippen LogP contribution in [0.25, 0.3) is 0 Å². The summed E-state index contributed by atoms with van der Waals surface area (Å²) in [5.74, 6) is -1.26. The summed E-state index contributed by atoms with van der Waals surface area (Å²) in [6.07, 6.45) is -4.38. The van der Waals surface area contributed by atoms with Crippen molar-refractivity contribution in [2.75, 3.05) is 11.1 Å². The van der Waals surface area contributed by atoms with Gasteiger partial charge in [0.05, 0.1) is 5.56 Å². The van der Waals surface area contributed by atoms with E-state index in [1.807, 2.05) is 0 Å². The summed E-state index contributed by atoms with van der Waals surface area (Å²) in [4.78, 5) is 11.0. The Morgan fingerprint density at radius 1 is 1.42 bits per heavy atom. The molecule has 1 aliphatic carbocycles. The number of rotatable bonds is 3. The van der Waals surface area contributed by atoms with E-state index in [0.717, 1.165) is 6.07 Å². The van der Waals surface area contributed by atoms with Gasteiger partial charge < -0.3 is 16.2 Å². The highest BCUT2D eigenvalue weighted by atomic mass is 19.4. The lowest BCUT2D eigenvalue weighted by molar-refractivity contribution is -0.151. The average Bonchev–Trinajstić information content (AvgIpc) is 3.03. The van der Waals surface area contributed by atoms with Crippen molar-refractivity contribution in [2.24, 2.45) is 0 Å². The molecule has 0 aromatic heterocycles. The topological polar surface area (TPSA) is 75.3 Å². The smallest absolute Gasteiger partial charge is 0.411 e. The summed E-state index contributed by atoms with van der Waals surface area (Å²) < 4.78 is 38.5. The summed E-state index contributed by atoms with van der Waals surface area (Å²) in [6, 6.07) is 2.56. The molecule has 1 aliphatic rings. The zero-order valence-electron chi connectivity index (χ0n) is 10.1. The van der Waals surface area contributed by atoms with E-state index >= 15 is 0 Å². The predicted octanol–water partition coefficient (Wildman–Crippen LogP) is 2.78. The minimum atomic E-state index is -4.36. The maximum atomic E-state index is 12.8. The normalized spacial score (nSPS) is 17.1. The Balaban J connectivity index is 2.35. The summed E-state index contributed by atoms with van der Waals surface area (Å²) in [7, 11) is 0. The molecule has 0 atom stereocenters. The Morgan fingerprint density at radius 3 is 2.42 bits per heavy atom. The van der Waals surface area contributed by atoms with Crippen LogP contribution in [0.15, 0.2) is 12.1 Å². The molecule has 0 radical (unpaired) electrons. The zero-order chi connectivity index (χ0) is 14.4. The van der Waals surface area contributed by atoms with Crippen LogP contribution < -0.4 is 11.1 Å². The van der Waals surface area contributed by atoms with E-state index in [2.05, 4.69) is 5.32 Å². The maximum Gasteiger partial charge on any atom is 0.411 e. The lowest BCUT2D eigenvalue weighted by atomic mass is 10.1. The average molecular weight is 274 g/mol. The maximum absolute atomic E-state index is 12.8. The van der Waals surface area contributed by atoms with Crippen LogP contribution >= 0.6 is 0 Å². The van der Waals surface area contributed by atoms with Crippen molar-refractivity contribution in [1.82, 2.24) is 0 Å². The van der Waals surface area contributed by atoms with Gasteiger partial charge in [-0.15, -0.1) is 0 Å². The Kier molecular flexibility index (Phi) is 2.87. The Morgan fingerprint density at radius 2 is 2.00 bits per heavy atom. The first-order valence-electron chi connectivity index (χ1n) is 5.65. The van der Waals surface area contributed by atoms with Gasteiger partial charge in [-0.3, -0.25) is 0 Å². The zero-order valence-corrected chi connectivity index (χ0v) is 10.1. The molecule has 1 fully saturated rings. The fourth-order valence-electron chi connectivity index (χ4n) is 1.93. The van der Waals surface area contributed by atoms with E-state index in [0.29, 0.717) is 5.56 Å².